The predicted octanol–water partition coefficient (Wildman–Crippen LogP) is 3.22. The van der Waals surface area contributed by atoms with Crippen LogP contribution in [0.15, 0.2) is 36.2 Å². The molecule has 122 valence electrons. The van der Waals surface area contributed by atoms with Gasteiger partial charge in [-0.05, 0) is 45.3 Å². The molecule has 3 heterocycles. The van der Waals surface area contributed by atoms with Crippen LogP contribution >= 0.6 is 0 Å². The summed E-state index contributed by atoms with van der Waals surface area (Å²) < 4.78 is 0. The fourth-order valence-corrected chi connectivity index (χ4v) is 3.87. The molecular formula is C19H31N3. The van der Waals surface area contributed by atoms with Crippen LogP contribution in [0, 0.1) is 0 Å². The number of likely N-dealkylation sites (tertiary alicyclic amines) is 2. The van der Waals surface area contributed by atoms with Crippen molar-refractivity contribution in [3.8, 4) is 0 Å². The lowest BCUT2D eigenvalue weighted by atomic mass is 9.84. The van der Waals surface area contributed by atoms with Gasteiger partial charge in [-0.3, -0.25) is 9.80 Å². The van der Waals surface area contributed by atoms with E-state index < -0.39 is 0 Å². The number of fused-ring (bicyclic) bond motifs is 2. The lowest BCUT2D eigenvalue weighted by Gasteiger charge is -2.59. The van der Waals surface area contributed by atoms with Gasteiger partial charge >= 0.3 is 0 Å². The van der Waals surface area contributed by atoms with Crippen molar-refractivity contribution in [3.63, 3.8) is 0 Å². The summed E-state index contributed by atoms with van der Waals surface area (Å²) in [6.07, 6.45) is 9.27. The Morgan fingerprint density at radius 3 is 2.45 bits per heavy atom. The molecular weight excluding hydrogens is 270 g/mol. The van der Waals surface area contributed by atoms with Crippen LogP contribution in [0.2, 0.25) is 0 Å². The van der Waals surface area contributed by atoms with E-state index in [1.165, 1.54) is 25.1 Å². The van der Waals surface area contributed by atoms with Gasteiger partial charge in [0.2, 0.25) is 0 Å². The first-order valence-electron chi connectivity index (χ1n) is 8.73. The Morgan fingerprint density at radius 2 is 1.86 bits per heavy atom. The summed E-state index contributed by atoms with van der Waals surface area (Å²) in [5.41, 5.74) is 2.86. The number of rotatable bonds is 4. The van der Waals surface area contributed by atoms with Gasteiger partial charge in [0.15, 0.2) is 0 Å². The number of hydrogen-bond acceptors (Lipinski definition) is 3. The molecule has 2 fully saturated rings. The third-order valence-corrected chi connectivity index (χ3v) is 5.30. The second-order valence-electron chi connectivity index (χ2n) is 8.01. The van der Waals surface area contributed by atoms with Crippen LogP contribution in [-0.2, 0) is 0 Å². The van der Waals surface area contributed by atoms with Gasteiger partial charge in [0, 0.05) is 55.7 Å². The Bertz CT molecular complexity index is 485. The molecule has 3 rings (SSSR count). The van der Waals surface area contributed by atoms with Gasteiger partial charge in [-0.15, -0.1) is 0 Å². The molecule has 0 amide bonds. The average molecular weight is 301 g/mol. The maximum atomic E-state index is 4.13. The molecule has 0 aromatic rings. The third-order valence-electron chi connectivity index (χ3n) is 5.30. The van der Waals surface area contributed by atoms with Crippen LogP contribution < -0.4 is 0 Å². The third kappa shape index (κ3) is 3.02. The Balaban J connectivity index is 1.61. The SMILES string of the molecule is C=C1C=CC(CN2C3CC2CN(C(C)(C)C)C3)=CN1CCC. The second-order valence-corrected chi connectivity index (χ2v) is 8.01. The lowest BCUT2D eigenvalue weighted by molar-refractivity contribution is -0.0894. The van der Waals surface area contributed by atoms with E-state index in [0.717, 1.165) is 37.3 Å². The van der Waals surface area contributed by atoms with Crippen LogP contribution in [-0.4, -0.2) is 58.5 Å². The highest BCUT2D eigenvalue weighted by atomic mass is 15.4. The summed E-state index contributed by atoms with van der Waals surface area (Å²) in [5.74, 6) is 0. The van der Waals surface area contributed by atoms with Crippen molar-refractivity contribution in [2.24, 2.45) is 0 Å². The topological polar surface area (TPSA) is 9.72 Å². The maximum Gasteiger partial charge on any atom is 0.0333 e. The van der Waals surface area contributed by atoms with Crippen molar-refractivity contribution in [1.29, 1.82) is 0 Å². The molecule has 2 saturated heterocycles. The minimum absolute atomic E-state index is 0.308. The van der Waals surface area contributed by atoms with Crippen LogP contribution in [0.5, 0.6) is 0 Å². The molecule has 2 unspecified atom stereocenters. The minimum atomic E-state index is 0.308. The fraction of sp³-hybridized carbons (Fsp3) is 0.684. The predicted molar refractivity (Wildman–Crippen MR) is 93.6 cm³/mol. The maximum absolute atomic E-state index is 4.13. The van der Waals surface area contributed by atoms with Crippen molar-refractivity contribution < 1.29 is 0 Å². The van der Waals surface area contributed by atoms with Crippen LogP contribution in [0.4, 0.5) is 0 Å². The van der Waals surface area contributed by atoms with Gasteiger partial charge in [-0.1, -0.05) is 19.6 Å². The van der Waals surface area contributed by atoms with Crippen LogP contribution in [0.1, 0.15) is 40.5 Å². The zero-order valence-electron chi connectivity index (χ0n) is 14.7. The lowest BCUT2D eigenvalue weighted by Crippen LogP contribution is -2.71. The number of piperidine rings is 1. The van der Waals surface area contributed by atoms with Gasteiger partial charge < -0.3 is 4.90 Å². The first-order valence-corrected chi connectivity index (χ1v) is 8.73. The van der Waals surface area contributed by atoms with E-state index in [-0.39, 0.29) is 0 Å². The molecule has 0 aromatic heterocycles. The van der Waals surface area contributed by atoms with Crippen molar-refractivity contribution in [3.05, 3.63) is 36.2 Å². The number of piperazine rings is 1. The van der Waals surface area contributed by atoms with E-state index in [1.807, 2.05) is 0 Å². The van der Waals surface area contributed by atoms with Gasteiger partial charge in [0.25, 0.3) is 0 Å². The molecule has 3 aliphatic heterocycles. The Kier molecular flexibility index (Phi) is 4.21. The van der Waals surface area contributed by atoms with Crippen molar-refractivity contribution in [1.82, 2.24) is 14.7 Å². The molecule has 0 N–H and O–H groups in total. The highest BCUT2D eigenvalue weighted by Crippen LogP contribution is 2.36. The van der Waals surface area contributed by atoms with E-state index in [1.54, 1.807) is 0 Å². The monoisotopic (exact) mass is 301 g/mol. The summed E-state index contributed by atoms with van der Waals surface area (Å²) in [5, 5.41) is 0. The average Bonchev–Trinajstić information content (AvgIpc) is 2.47. The van der Waals surface area contributed by atoms with Crippen molar-refractivity contribution >= 4 is 0 Å². The van der Waals surface area contributed by atoms with Crippen LogP contribution in [0.25, 0.3) is 0 Å². The Hall–Kier alpha value is -1.06. The highest BCUT2D eigenvalue weighted by Gasteiger charge is 2.46. The summed E-state index contributed by atoms with van der Waals surface area (Å²) >= 11 is 0. The number of allylic oxidation sites excluding steroid dienone is 1. The summed E-state index contributed by atoms with van der Waals surface area (Å²) in [4.78, 5) is 7.65. The van der Waals surface area contributed by atoms with Gasteiger partial charge in [0.1, 0.15) is 0 Å². The Morgan fingerprint density at radius 1 is 1.18 bits per heavy atom. The molecule has 3 nitrogen and oxygen atoms in total. The zero-order valence-corrected chi connectivity index (χ0v) is 14.7. The second kappa shape index (κ2) is 5.86. The fourth-order valence-electron chi connectivity index (χ4n) is 3.87. The molecule has 0 spiro atoms. The van der Waals surface area contributed by atoms with Gasteiger partial charge in [0.05, 0.1) is 0 Å². The quantitative estimate of drug-likeness (QED) is 0.789. The molecule has 22 heavy (non-hydrogen) atoms. The molecule has 2 bridgehead atoms. The molecule has 0 saturated carbocycles. The molecule has 2 atom stereocenters. The van der Waals surface area contributed by atoms with E-state index >= 15 is 0 Å². The first-order chi connectivity index (χ1) is 10.4. The summed E-state index contributed by atoms with van der Waals surface area (Å²) in [6.45, 7) is 18.0. The molecule has 0 radical (unpaired) electrons. The smallest absolute Gasteiger partial charge is 0.0333 e. The molecule has 3 heteroatoms. The van der Waals surface area contributed by atoms with E-state index in [9.17, 15) is 0 Å². The Labute approximate surface area is 136 Å². The standard InChI is InChI=1S/C19H31N3/c1-6-9-20-11-16(8-7-15(20)2)12-22-17-10-18(22)14-21(13-17)19(3,4)5/h7-8,11,17-18H,2,6,9-10,12-14H2,1,3-5H3. The van der Waals surface area contributed by atoms with Crippen LogP contribution in [0.3, 0.4) is 0 Å². The highest BCUT2D eigenvalue weighted by molar-refractivity contribution is 5.34. The molecule has 0 aliphatic carbocycles. The number of hydrogen-bond donors (Lipinski definition) is 0. The zero-order chi connectivity index (χ0) is 15.9. The minimum Gasteiger partial charge on any atom is -0.348 e. The molecule has 3 aliphatic rings. The summed E-state index contributed by atoms with van der Waals surface area (Å²) in [6, 6.07) is 1.49. The number of nitrogens with zero attached hydrogens (tertiary/aromatic N) is 3. The van der Waals surface area contributed by atoms with E-state index in [2.05, 4.69) is 67.3 Å². The van der Waals surface area contributed by atoms with Crippen molar-refractivity contribution in [2.45, 2.75) is 58.2 Å². The van der Waals surface area contributed by atoms with Gasteiger partial charge in [-0.2, -0.15) is 0 Å². The van der Waals surface area contributed by atoms with E-state index in [4.69, 9.17) is 0 Å². The normalized spacial score (nSPS) is 29.5. The molecule has 0 aromatic carbocycles. The summed E-state index contributed by atoms with van der Waals surface area (Å²) in [7, 11) is 0. The van der Waals surface area contributed by atoms with E-state index in [0.29, 0.717) is 5.54 Å². The van der Waals surface area contributed by atoms with Gasteiger partial charge in [-0.25, -0.2) is 0 Å². The van der Waals surface area contributed by atoms with Crippen molar-refractivity contribution in [2.75, 3.05) is 26.2 Å². The largest absolute Gasteiger partial charge is 0.348 e. The first kappa shape index (κ1) is 15.8.